The maximum absolute atomic E-state index is 9.83. The molecule has 2 N–H and O–H groups in total. The van der Waals surface area contributed by atoms with E-state index in [-0.39, 0.29) is 7.43 Å². The molecule has 0 spiro atoms. The van der Waals surface area contributed by atoms with Crippen molar-refractivity contribution in [3.63, 3.8) is 0 Å². The summed E-state index contributed by atoms with van der Waals surface area (Å²) < 4.78 is 0. The second-order valence-electron chi connectivity index (χ2n) is 5.00. The summed E-state index contributed by atoms with van der Waals surface area (Å²) in [5.74, 6) is -0.437. The van der Waals surface area contributed by atoms with Crippen LogP contribution in [-0.4, -0.2) is 16.6 Å². The van der Waals surface area contributed by atoms with Crippen LogP contribution in [0.3, 0.4) is 0 Å². The van der Waals surface area contributed by atoms with Crippen LogP contribution in [0.25, 0.3) is 5.73 Å². The van der Waals surface area contributed by atoms with Crippen molar-refractivity contribution in [2.45, 2.75) is 46.1 Å². The predicted molar refractivity (Wildman–Crippen MR) is 83.6 cm³/mol. The Morgan fingerprint density at radius 1 is 1.25 bits per heavy atom. The fourth-order valence-electron chi connectivity index (χ4n) is 0.951. The summed E-state index contributed by atoms with van der Waals surface area (Å²) in [4.78, 5) is 9.83. The number of rotatable bonds is 2. The summed E-state index contributed by atoms with van der Waals surface area (Å²) in [6, 6.07) is 8.71. The molecular formula is C15H25ClNO2Os-2. The van der Waals surface area contributed by atoms with Crippen molar-refractivity contribution in [1.82, 2.24) is 0 Å². The summed E-state index contributed by atoms with van der Waals surface area (Å²) in [5.41, 5.74) is 8.21. The number of aryl methyl sites for hydroxylation is 1. The number of benzene rings is 1. The molecule has 20 heavy (non-hydrogen) atoms. The third-order valence-corrected chi connectivity index (χ3v) is 2.28. The van der Waals surface area contributed by atoms with Gasteiger partial charge in [0.15, 0.2) is 0 Å². The summed E-state index contributed by atoms with van der Waals surface area (Å²) in [6.07, 6.45) is 0. The molecular weight excluding hydrogens is 452 g/mol. The van der Waals surface area contributed by atoms with Crippen LogP contribution < -0.4 is 0 Å². The van der Waals surface area contributed by atoms with Crippen molar-refractivity contribution in [2.75, 3.05) is 0 Å². The molecule has 0 radical (unpaired) electrons. The van der Waals surface area contributed by atoms with E-state index < -0.39 is 11.5 Å². The molecule has 0 heterocycles. The molecule has 0 unspecified atom stereocenters. The molecule has 1 aromatic carbocycles. The molecule has 119 valence electrons. The van der Waals surface area contributed by atoms with Crippen molar-refractivity contribution in [2.24, 2.45) is 0 Å². The van der Waals surface area contributed by atoms with Crippen LogP contribution in [0.4, 0.5) is 0 Å². The van der Waals surface area contributed by atoms with Gasteiger partial charge in [0, 0.05) is 0 Å². The molecule has 0 aliphatic heterocycles. The van der Waals surface area contributed by atoms with E-state index in [1.807, 2.05) is 0 Å². The van der Waals surface area contributed by atoms with Crippen LogP contribution in [0.15, 0.2) is 24.3 Å². The molecule has 1 rings (SSSR count). The minimum atomic E-state index is -1.33. The van der Waals surface area contributed by atoms with Crippen LogP contribution in [0.1, 0.15) is 44.7 Å². The van der Waals surface area contributed by atoms with E-state index in [0.29, 0.717) is 5.92 Å². The molecule has 1 aromatic rings. The molecule has 0 aliphatic rings. The first-order valence-corrected chi connectivity index (χ1v) is 8.97. The Morgan fingerprint density at radius 2 is 1.55 bits per heavy atom. The number of carbonyl (C=O) groups is 1. The Hall–Kier alpha value is -0.424. The van der Waals surface area contributed by atoms with Crippen LogP contribution in [0, 0.1) is 14.4 Å². The van der Waals surface area contributed by atoms with Crippen LogP contribution in [-0.2, 0) is 22.4 Å². The molecule has 0 saturated heterocycles. The average Bonchev–Trinajstić information content (AvgIpc) is 2.31. The number of carboxylic acids is 1. The van der Waals surface area contributed by atoms with E-state index in [4.69, 9.17) is 10.8 Å². The molecule has 0 aliphatic carbocycles. The Labute approximate surface area is 137 Å². The molecule has 3 nitrogen and oxygen atoms in total. The van der Waals surface area contributed by atoms with Gasteiger partial charge in [0.05, 0.1) is 0 Å². The van der Waals surface area contributed by atoms with Crippen molar-refractivity contribution >= 4 is 15.6 Å². The van der Waals surface area contributed by atoms with E-state index in [1.165, 1.54) is 42.6 Å². The van der Waals surface area contributed by atoms with Gasteiger partial charge < -0.3 is 18.3 Å². The second-order valence-corrected chi connectivity index (χ2v) is 5.00. The summed E-state index contributed by atoms with van der Waals surface area (Å²) in [5, 5.41) is 8.06. The van der Waals surface area contributed by atoms with Gasteiger partial charge in [0.25, 0.3) is 5.97 Å². The zero-order valence-electron chi connectivity index (χ0n) is 13.0. The fourth-order valence-corrected chi connectivity index (χ4v) is 0.951. The van der Waals surface area contributed by atoms with Gasteiger partial charge in [-0.05, 0) is 23.9 Å². The number of nitrogens with one attached hydrogen (secondary N) is 1. The van der Waals surface area contributed by atoms with Crippen molar-refractivity contribution < 1.29 is 27.5 Å². The van der Waals surface area contributed by atoms with Gasteiger partial charge >= 0.3 is 27.2 Å². The first-order valence-electron chi connectivity index (χ1n) is 5.83. The molecule has 0 saturated carbocycles. The predicted octanol–water partition coefficient (Wildman–Crippen LogP) is 5.16. The third kappa shape index (κ3) is 12.6. The van der Waals surface area contributed by atoms with Gasteiger partial charge in [0.1, 0.15) is 0 Å². The van der Waals surface area contributed by atoms with E-state index in [2.05, 4.69) is 54.7 Å². The van der Waals surface area contributed by atoms with Crippen LogP contribution in [0.2, 0.25) is 0 Å². The Balaban J connectivity index is -0.000000258. The van der Waals surface area contributed by atoms with Crippen molar-refractivity contribution in [3.05, 3.63) is 48.6 Å². The molecule has 0 atom stereocenters. The van der Waals surface area contributed by atoms with Crippen molar-refractivity contribution in [3.8, 4) is 0 Å². The monoisotopic (exact) mass is 478 g/mol. The summed E-state index contributed by atoms with van der Waals surface area (Å²) in [7, 11) is 4.67. The van der Waals surface area contributed by atoms with Gasteiger partial charge in [-0.15, -0.1) is 0 Å². The van der Waals surface area contributed by atoms with Crippen LogP contribution in [0.5, 0.6) is 0 Å². The Kier molecular flexibility index (Phi) is 15.2. The van der Waals surface area contributed by atoms with Gasteiger partial charge in [-0.25, -0.2) is 0 Å². The van der Waals surface area contributed by atoms with E-state index in [1.54, 1.807) is 0 Å². The number of halogens is 1. The number of aliphatic carboxylic acids is 1. The first-order chi connectivity index (χ1) is 8.64. The quantitative estimate of drug-likeness (QED) is 0.599. The molecule has 5 heteroatoms. The van der Waals surface area contributed by atoms with E-state index in [9.17, 15) is 4.79 Å². The summed E-state index contributed by atoms with van der Waals surface area (Å²) >= 11 is 1.33. The Morgan fingerprint density at radius 3 is 1.75 bits per heavy atom. The third-order valence-electron chi connectivity index (χ3n) is 2.28. The van der Waals surface area contributed by atoms with Crippen molar-refractivity contribution in [1.29, 1.82) is 0 Å². The molecule has 0 bridgehead atoms. The standard InChI is InChI=1S/C10H14.C4H8NO2.CH3.ClH.Os/c1-8(2)10-6-4-9(3)5-7-10;1-4(2,5)3(6)7;;;/h4-8H,1-3H3;5H,1-2H3,(H,6,7);1H3;1H;/q;2*-1;;+1/p-1. The number of carboxylic acid groups (broad SMARTS) is 1. The topological polar surface area (TPSA) is 61.1 Å². The second kappa shape index (κ2) is 12.3. The van der Waals surface area contributed by atoms with Gasteiger partial charge in [-0.1, -0.05) is 57.5 Å². The fraction of sp³-hybridized carbons (Fsp3) is 0.467. The zero-order valence-corrected chi connectivity index (χ0v) is 16.3. The van der Waals surface area contributed by atoms with Gasteiger partial charge in [-0.3, -0.25) is 4.79 Å². The van der Waals surface area contributed by atoms with E-state index in [0.717, 1.165) is 0 Å². The average molecular weight is 477 g/mol. The van der Waals surface area contributed by atoms with Gasteiger partial charge in [-0.2, -0.15) is 0 Å². The summed E-state index contributed by atoms with van der Waals surface area (Å²) in [6.45, 7) is 9.20. The number of hydrogen-bond acceptors (Lipinski definition) is 1. The van der Waals surface area contributed by atoms with Gasteiger partial charge in [0.2, 0.25) is 0 Å². The normalized spacial score (nSPS) is 9.45. The molecule has 0 fully saturated rings. The first kappa shape index (κ1) is 24.6. The minimum absolute atomic E-state index is 0. The van der Waals surface area contributed by atoms with Crippen LogP contribution >= 0.6 is 9.64 Å². The molecule has 0 aromatic heterocycles. The van der Waals surface area contributed by atoms with E-state index >= 15 is 0 Å². The Bertz CT molecular complexity index is 359. The molecule has 0 amide bonds. The zero-order chi connectivity index (χ0) is 15.6. The number of hydrogen-bond donors (Lipinski definition) is 1. The maximum atomic E-state index is 9.83. The SMILES string of the molecule is CC(C)([NH-])C(=O)O.Cc1ccc(C(C)C)cc1.[CH3-].[Cl][Os].